The number of halogens is 1. The van der Waals surface area contributed by atoms with Gasteiger partial charge in [0.15, 0.2) is 0 Å². The van der Waals surface area contributed by atoms with Gasteiger partial charge >= 0.3 is 5.97 Å². The fourth-order valence-electron chi connectivity index (χ4n) is 3.01. The number of aromatic nitrogens is 1. The van der Waals surface area contributed by atoms with Crippen LogP contribution in [0.4, 0.5) is 4.39 Å². The molecule has 24 heavy (non-hydrogen) atoms. The van der Waals surface area contributed by atoms with Crippen LogP contribution >= 0.6 is 0 Å². The molecular weight excluding hydrogens is 305 g/mol. The van der Waals surface area contributed by atoms with Crippen molar-refractivity contribution in [3.8, 4) is 11.1 Å². The zero-order chi connectivity index (χ0) is 17.3. The van der Waals surface area contributed by atoms with Crippen molar-refractivity contribution in [2.75, 3.05) is 0 Å². The second kappa shape index (κ2) is 6.48. The van der Waals surface area contributed by atoms with Crippen LogP contribution in [0.3, 0.4) is 0 Å². The van der Waals surface area contributed by atoms with E-state index in [1.54, 1.807) is 12.1 Å². The molecule has 1 aliphatic rings. The summed E-state index contributed by atoms with van der Waals surface area (Å²) in [6.07, 6.45) is 2.10. The lowest BCUT2D eigenvalue weighted by Crippen LogP contribution is -2.00. The van der Waals surface area contributed by atoms with E-state index in [1.807, 2.05) is 32.0 Å². The van der Waals surface area contributed by atoms with Gasteiger partial charge in [0.05, 0.1) is 0 Å². The molecule has 4 heteroatoms. The minimum atomic E-state index is -0.915. The first-order valence-electron chi connectivity index (χ1n) is 8.28. The summed E-state index contributed by atoms with van der Waals surface area (Å²) in [5.41, 5.74) is 3.89. The summed E-state index contributed by atoms with van der Waals surface area (Å²) in [6.45, 7) is 4.00. The summed E-state index contributed by atoms with van der Waals surface area (Å²) in [4.78, 5) is 14.5. The molecule has 1 heterocycles. The van der Waals surface area contributed by atoms with Crippen LogP contribution in [0.15, 0.2) is 42.5 Å². The molecule has 3 aromatic rings. The molecule has 1 fully saturated rings. The molecule has 2 N–H and O–H groups in total. The fourth-order valence-corrected chi connectivity index (χ4v) is 3.01. The molecule has 1 aromatic heterocycles. The van der Waals surface area contributed by atoms with Crippen LogP contribution in [-0.2, 0) is 0 Å². The monoisotopic (exact) mass is 325 g/mol. The van der Waals surface area contributed by atoms with Gasteiger partial charge in [0, 0.05) is 10.9 Å². The first kappa shape index (κ1) is 16.2. The SMILES string of the molecule is CC.O=C(O)c1[nH]c2cc(-c3ccc(F)cc3)ccc2c1C1CC1. The van der Waals surface area contributed by atoms with Gasteiger partial charge in [-0.1, -0.05) is 38.1 Å². The summed E-state index contributed by atoms with van der Waals surface area (Å²) in [5, 5.41) is 10.4. The zero-order valence-electron chi connectivity index (χ0n) is 13.8. The predicted molar refractivity (Wildman–Crippen MR) is 94.0 cm³/mol. The highest BCUT2D eigenvalue weighted by molar-refractivity contribution is 5.99. The summed E-state index contributed by atoms with van der Waals surface area (Å²) < 4.78 is 13.0. The topological polar surface area (TPSA) is 53.1 Å². The Kier molecular flexibility index (Phi) is 4.38. The molecule has 0 atom stereocenters. The number of rotatable bonds is 3. The molecule has 3 nitrogen and oxygen atoms in total. The Morgan fingerprint density at radius 1 is 1.08 bits per heavy atom. The Morgan fingerprint density at radius 2 is 1.71 bits per heavy atom. The number of aromatic carboxylic acids is 1. The van der Waals surface area contributed by atoms with Crippen molar-refractivity contribution >= 4 is 16.9 Å². The number of carboxylic acids is 1. The van der Waals surface area contributed by atoms with Crippen molar-refractivity contribution in [2.45, 2.75) is 32.6 Å². The highest BCUT2D eigenvalue weighted by Crippen LogP contribution is 2.45. The minimum absolute atomic E-state index is 0.270. The van der Waals surface area contributed by atoms with E-state index >= 15 is 0 Å². The molecular formula is C20H20FNO2. The van der Waals surface area contributed by atoms with Gasteiger partial charge in [-0.2, -0.15) is 0 Å². The van der Waals surface area contributed by atoms with Crippen molar-refractivity contribution in [1.82, 2.24) is 4.98 Å². The number of carbonyl (C=O) groups is 1. The van der Waals surface area contributed by atoms with Gasteiger partial charge in [0.25, 0.3) is 0 Å². The van der Waals surface area contributed by atoms with Gasteiger partial charge in [-0.25, -0.2) is 9.18 Å². The number of fused-ring (bicyclic) bond motifs is 1. The van der Waals surface area contributed by atoms with Crippen molar-refractivity contribution in [2.24, 2.45) is 0 Å². The minimum Gasteiger partial charge on any atom is -0.477 e. The van der Waals surface area contributed by atoms with E-state index in [2.05, 4.69) is 4.98 Å². The number of benzene rings is 2. The van der Waals surface area contributed by atoms with Crippen molar-refractivity contribution in [3.63, 3.8) is 0 Å². The second-order valence-corrected chi connectivity index (χ2v) is 5.76. The van der Waals surface area contributed by atoms with Gasteiger partial charge in [-0.05, 0) is 53.6 Å². The van der Waals surface area contributed by atoms with Gasteiger partial charge in [-0.15, -0.1) is 0 Å². The van der Waals surface area contributed by atoms with E-state index in [0.717, 1.165) is 40.4 Å². The van der Waals surface area contributed by atoms with Crippen molar-refractivity contribution < 1.29 is 14.3 Å². The molecule has 0 unspecified atom stereocenters. The molecule has 0 amide bonds. The molecule has 124 valence electrons. The first-order chi connectivity index (χ1) is 11.6. The van der Waals surface area contributed by atoms with E-state index in [9.17, 15) is 14.3 Å². The van der Waals surface area contributed by atoms with Gasteiger partial charge in [0.2, 0.25) is 0 Å². The number of hydrogen-bond donors (Lipinski definition) is 2. The molecule has 0 spiro atoms. The molecule has 0 saturated heterocycles. The number of aromatic amines is 1. The third kappa shape index (κ3) is 2.92. The Bertz CT molecular complexity index is 877. The lowest BCUT2D eigenvalue weighted by Gasteiger charge is -2.03. The van der Waals surface area contributed by atoms with Crippen LogP contribution < -0.4 is 0 Å². The molecule has 1 saturated carbocycles. The standard InChI is InChI=1S/C18H14FNO2.C2H6/c19-13-6-3-10(4-7-13)12-5-8-14-15(9-12)20-17(18(21)22)16(14)11-1-2-11;1-2/h3-9,11,20H,1-2H2,(H,21,22);1-2H3. The maximum absolute atomic E-state index is 13.0. The second-order valence-electron chi connectivity index (χ2n) is 5.76. The van der Waals surface area contributed by atoms with Crippen LogP contribution in [0.1, 0.15) is 48.7 Å². The van der Waals surface area contributed by atoms with E-state index in [-0.39, 0.29) is 5.82 Å². The molecule has 1 aliphatic carbocycles. The third-order valence-electron chi connectivity index (χ3n) is 4.22. The fraction of sp³-hybridized carbons (Fsp3) is 0.250. The van der Waals surface area contributed by atoms with Gasteiger partial charge < -0.3 is 10.1 Å². The predicted octanol–water partition coefficient (Wildman–Crippen LogP) is 5.58. The highest BCUT2D eigenvalue weighted by atomic mass is 19.1. The molecule has 4 rings (SSSR count). The summed E-state index contributed by atoms with van der Waals surface area (Å²) in [7, 11) is 0. The lowest BCUT2D eigenvalue weighted by molar-refractivity contribution is 0.0690. The summed E-state index contributed by atoms with van der Waals surface area (Å²) >= 11 is 0. The van der Waals surface area contributed by atoms with E-state index < -0.39 is 5.97 Å². The highest BCUT2D eigenvalue weighted by Gasteiger charge is 2.31. The lowest BCUT2D eigenvalue weighted by atomic mass is 10.0. The average molecular weight is 325 g/mol. The van der Waals surface area contributed by atoms with Gasteiger partial charge in [-0.3, -0.25) is 0 Å². The molecule has 0 aliphatic heterocycles. The third-order valence-corrected chi connectivity index (χ3v) is 4.22. The maximum Gasteiger partial charge on any atom is 0.352 e. The zero-order valence-corrected chi connectivity index (χ0v) is 13.8. The Morgan fingerprint density at radius 3 is 2.29 bits per heavy atom. The molecule has 2 aromatic carbocycles. The van der Waals surface area contributed by atoms with Crippen molar-refractivity contribution in [1.29, 1.82) is 0 Å². The van der Waals surface area contributed by atoms with E-state index in [4.69, 9.17) is 0 Å². The van der Waals surface area contributed by atoms with Crippen LogP contribution in [-0.4, -0.2) is 16.1 Å². The van der Waals surface area contributed by atoms with Crippen LogP contribution in [0, 0.1) is 5.82 Å². The van der Waals surface area contributed by atoms with E-state index in [0.29, 0.717) is 11.6 Å². The first-order valence-corrected chi connectivity index (χ1v) is 8.28. The molecule has 0 radical (unpaired) electrons. The normalized spacial score (nSPS) is 13.5. The largest absolute Gasteiger partial charge is 0.477 e. The number of H-pyrrole nitrogens is 1. The summed E-state index contributed by atoms with van der Waals surface area (Å²) in [5.74, 6) is -0.827. The van der Waals surface area contributed by atoms with Crippen molar-refractivity contribution in [3.05, 3.63) is 59.5 Å². The average Bonchev–Trinajstić information content (AvgIpc) is 3.36. The maximum atomic E-state index is 13.0. The molecule has 0 bridgehead atoms. The van der Waals surface area contributed by atoms with E-state index in [1.165, 1.54) is 12.1 Å². The Hall–Kier alpha value is -2.62. The number of hydrogen-bond acceptors (Lipinski definition) is 1. The smallest absolute Gasteiger partial charge is 0.352 e. The van der Waals surface area contributed by atoms with Gasteiger partial charge in [0.1, 0.15) is 11.5 Å². The quantitative estimate of drug-likeness (QED) is 0.661. The number of nitrogens with one attached hydrogen (secondary N) is 1. The van der Waals surface area contributed by atoms with Crippen LogP contribution in [0.2, 0.25) is 0 Å². The Balaban J connectivity index is 0.000000815. The van der Waals surface area contributed by atoms with Crippen LogP contribution in [0.5, 0.6) is 0 Å². The number of carboxylic acid groups (broad SMARTS) is 1. The van der Waals surface area contributed by atoms with Crippen LogP contribution in [0.25, 0.3) is 22.0 Å². The Labute approximate surface area is 140 Å². The summed E-state index contributed by atoms with van der Waals surface area (Å²) in [6, 6.07) is 12.1.